The van der Waals surface area contributed by atoms with Crippen molar-refractivity contribution in [2.75, 3.05) is 43.0 Å². The first kappa shape index (κ1) is 23.1. The molecule has 0 saturated carbocycles. The number of likely N-dealkylation sites (tertiary alicyclic amines) is 1. The number of carbonyl (C=O) groups is 2. The molecule has 6 heteroatoms. The van der Waals surface area contributed by atoms with Crippen LogP contribution in [0.1, 0.15) is 44.9 Å². The number of amides is 2. The number of hydrogen-bond donors (Lipinski definition) is 1. The SMILES string of the molecule is O=C(Nc1ccccc1N1CCCCCC1)C1CCCN(C(=O)CCOc2ccccc2)C1. The van der Waals surface area contributed by atoms with Crippen molar-refractivity contribution in [3.63, 3.8) is 0 Å². The van der Waals surface area contributed by atoms with Crippen LogP contribution in [-0.2, 0) is 9.59 Å². The summed E-state index contributed by atoms with van der Waals surface area (Å²) >= 11 is 0. The molecule has 0 aliphatic carbocycles. The summed E-state index contributed by atoms with van der Waals surface area (Å²) in [5.74, 6) is 0.642. The van der Waals surface area contributed by atoms with E-state index in [1.807, 2.05) is 53.4 Å². The highest BCUT2D eigenvalue weighted by atomic mass is 16.5. The molecule has 0 spiro atoms. The van der Waals surface area contributed by atoms with Gasteiger partial charge in [0.25, 0.3) is 0 Å². The van der Waals surface area contributed by atoms with E-state index in [1.165, 1.54) is 25.7 Å². The van der Waals surface area contributed by atoms with Crippen LogP contribution in [-0.4, -0.2) is 49.5 Å². The van der Waals surface area contributed by atoms with E-state index < -0.39 is 0 Å². The van der Waals surface area contributed by atoms with Crippen LogP contribution >= 0.6 is 0 Å². The number of rotatable bonds is 7. The Morgan fingerprint density at radius 1 is 0.879 bits per heavy atom. The topological polar surface area (TPSA) is 61.9 Å². The van der Waals surface area contributed by atoms with Gasteiger partial charge in [-0.3, -0.25) is 9.59 Å². The van der Waals surface area contributed by atoms with Crippen LogP contribution in [0.15, 0.2) is 54.6 Å². The third-order valence-corrected chi connectivity index (χ3v) is 6.58. The van der Waals surface area contributed by atoms with Crippen molar-refractivity contribution >= 4 is 23.2 Å². The number of piperidine rings is 1. The van der Waals surface area contributed by atoms with E-state index in [2.05, 4.69) is 16.3 Å². The molecule has 0 bridgehead atoms. The molecule has 2 aromatic carbocycles. The molecule has 2 fully saturated rings. The number of para-hydroxylation sites is 3. The molecule has 0 aromatic heterocycles. The normalized spacial score (nSPS) is 19.0. The van der Waals surface area contributed by atoms with Crippen LogP contribution in [0.2, 0.25) is 0 Å². The fourth-order valence-corrected chi connectivity index (χ4v) is 4.75. The Morgan fingerprint density at radius 2 is 1.61 bits per heavy atom. The van der Waals surface area contributed by atoms with E-state index in [1.54, 1.807) is 0 Å². The summed E-state index contributed by atoms with van der Waals surface area (Å²) < 4.78 is 5.67. The number of nitrogens with zero attached hydrogens (tertiary/aromatic N) is 2. The predicted octanol–water partition coefficient (Wildman–Crippen LogP) is 4.71. The zero-order valence-electron chi connectivity index (χ0n) is 19.4. The van der Waals surface area contributed by atoms with Gasteiger partial charge in [-0.05, 0) is 49.9 Å². The molecule has 2 saturated heterocycles. The highest BCUT2D eigenvalue weighted by Gasteiger charge is 2.29. The van der Waals surface area contributed by atoms with E-state index in [4.69, 9.17) is 4.74 Å². The predicted molar refractivity (Wildman–Crippen MR) is 132 cm³/mol. The number of benzene rings is 2. The van der Waals surface area contributed by atoms with Crippen LogP contribution in [0, 0.1) is 5.92 Å². The van der Waals surface area contributed by atoms with E-state index in [0.717, 1.165) is 43.1 Å². The third kappa shape index (κ3) is 6.50. The number of ether oxygens (including phenoxy) is 1. The molecular formula is C27H35N3O3. The van der Waals surface area contributed by atoms with Gasteiger partial charge in [0.05, 0.1) is 30.3 Å². The average Bonchev–Trinajstić information content (AvgIpc) is 3.15. The lowest BCUT2D eigenvalue weighted by molar-refractivity contribution is -0.135. The molecule has 1 atom stereocenters. The molecule has 6 nitrogen and oxygen atoms in total. The Balaban J connectivity index is 1.31. The third-order valence-electron chi connectivity index (χ3n) is 6.58. The Kier molecular flexibility index (Phi) is 8.23. The van der Waals surface area contributed by atoms with Crippen molar-refractivity contribution in [2.24, 2.45) is 5.92 Å². The molecular weight excluding hydrogens is 414 g/mol. The summed E-state index contributed by atoms with van der Waals surface area (Å²) in [5.41, 5.74) is 1.98. The summed E-state index contributed by atoms with van der Waals surface area (Å²) in [4.78, 5) is 30.1. The molecule has 2 aliphatic heterocycles. The number of hydrogen-bond acceptors (Lipinski definition) is 4. The van der Waals surface area contributed by atoms with E-state index in [9.17, 15) is 9.59 Å². The second kappa shape index (κ2) is 11.7. The first-order chi connectivity index (χ1) is 16.2. The second-order valence-electron chi connectivity index (χ2n) is 9.00. The minimum absolute atomic E-state index is 0.00954. The van der Waals surface area contributed by atoms with Gasteiger partial charge in [-0.2, -0.15) is 0 Å². The first-order valence-corrected chi connectivity index (χ1v) is 12.3. The van der Waals surface area contributed by atoms with Crippen LogP contribution in [0.5, 0.6) is 5.75 Å². The maximum Gasteiger partial charge on any atom is 0.229 e. The van der Waals surface area contributed by atoms with Crippen LogP contribution in [0.4, 0.5) is 11.4 Å². The van der Waals surface area contributed by atoms with Gasteiger partial charge in [-0.25, -0.2) is 0 Å². The fourth-order valence-electron chi connectivity index (χ4n) is 4.75. The highest BCUT2D eigenvalue weighted by molar-refractivity contribution is 5.96. The molecule has 176 valence electrons. The minimum Gasteiger partial charge on any atom is -0.493 e. The lowest BCUT2D eigenvalue weighted by atomic mass is 9.96. The van der Waals surface area contributed by atoms with Crippen molar-refractivity contribution < 1.29 is 14.3 Å². The van der Waals surface area contributed by atoms with Crippen LogP contribution < -0.4 is 15.0 Å². The summed E-state index contributed by atoms with van der Waals surface area (Å²) in [6, 6.07) is 17.6. The average molecular weight is 450 g/mol. The van der Waals surface area contributed by atoms with Gasteiger partial charge in [-0.15, -0.1) is 0 Å². The number of carbonyl (C=O) groups excluding carboxylic acids is 2. The first-order valence-electron chi connectivity index (χ1n) is 12.3. The molecule has 1 N–H and O–H groups in total. The molecule has 1 unspecified atom stereocenters. The Morgan fingerprint density at radius 3 is 2.39 bits per heavy atom. The number of nitrogens with one attached hydrogen (secondary N) is 1. The quantitative estimate of drug-likeness (QED) is 0.665. The van der Waals surface area contributed by atoms with Gasteiger partial charge < -0.3 is 19.9 Å². The highest BCUT2D eigenvalue weighted by Crippen LogP contribution is 2.29. The molecule has 33 heavy (non-hydrogen) atoms. The minimum atomic E-state index is -0.185. The Hall–Kier alpha value is -3.02. The molecule has 4 rings (SSSR count). The Labute approximate surface area is 196 Å². The van der Waals surface area contributed by atoms with Crippen molar-refractivity contribution in [3.8, 4) is 5.75 Å². The van der Waals surface area contributed by atoms with E-state index in [0.29, 0.717) is 26.1 Å². The fraction of sp³-hybridized carbons (Fsp3) is 0.481. The smallest absolute Gasteiger partial charge is 0.229 e. The summed E-state index contributed by atoms with van der Waals surface area (Å²) in [6.07, 6.45) is 6.90. The molecule has 2 heterocycles. The second-order valence-corrected chi connectivity index (χ2v) is 9.00. The largest absolute Gasteiger partial charge is 0.493 e. The van der Waals surface area contributed by atoms with Crippen molar-refractivity contribution in [1.29, 1.82) is 0 Å². The lowest BCUT2D eigenvalue weighted by Gasteiger charge is -2.32. The van der Waals surface area contributed by atoms with Gasteiger partial charge in [0.2, 0.25) is 11.8 Å². The van der Waals surface area contributed by atoms with Gasteiger partial charge in [0.15, 0.2) is 0 Å². The van der Waals surface area contributed by atoms with E-state index >= 15 is 0 Å². The van der Waals surface area contributed by atoms with Gasteiger partial charge >= 0.3 is 0 Å². The van der Waals surface area contributed by atoms with Gasteiger partial charge in [0.1, 0.15) is 5.75 Å². The van der Waals surface area contributed by atoms with Crippen LogP contribution in [0.3, 0.4) is 0 Å². The van der Waals surface area contributed by atoms with Gasteiger partial charge in [0, 0.05) is 26.2 Å². The molecule has 2 aromatic rings. The summed E-state index contributed by atoms with van der Waals surface area (Å²) in [5, 5.41) is 3.18. The zero-order chi connectivity index (χ0) is 22.9. The van der Waals surface area contributed by atoms with Gasteiger partial charge in [-0.1, -0.05) is 43.2 Å². The van der Waals surface area contributed by atoms with Crippen molar-refractivity contribution in [2.45, 2.75) is 44.9 Å². The Bertz CT molecular complexity index is 910. The van der Waals surface area contributed by atoms with Crippen molar-refractivity contribution in [1.82, 2.24) is 4.90 Å². The molecule has 2 amide bonds. The lowest BCUT2D eigenvalue weighted by Crippen LogP contribution is -2.44. The zero-order valence-corrected chi connectivity index (χ0v) is 19.4. The van der Waals surface area contributed by atoms with E-state index in [-0.39, 0.29) is 17.7 Å². The van der Waals surface area contributed by atoms with Crippen LogP contribution in [0.25, 0.3) is 0 Å². The molecule has 2 aliphatic rings. The summed E-state index contributed by atoms with van der Waals surface area (Å²) in [6.45, 7) is 3.59. The van der Waals surface area contributed by atoms with Crippen molar-refractivity contribution in [3.05, 3.63) is 54.6 Å². The monoisotopic (exact) mass is 449 g/mol. The molecule has 0 radical (unpaired) electrons. The number of anilines is 2. The maximum atomic E-state index is 13.1. The summed E-state index contributed by atoms with van der Waals surface area (Å²) in [7, 11) is 0. The standard InChI is InChI=1S/C27H35N3O3/c31-26(16-20-33-23-12-4-3-5-13-23)30-19-10-11-22(21-30)27(32)28-24-14-6-7-15-25(24)29-17-8-1-2-9-18-29/h3-7,12-15,22H,1-2,8-11,16-21H2,(H,28,32). The maximum absolute atomic E-state index is 13.1.